The third-order valence-electron chi connectivity index (χ3n) is 3.97. The summed E-state index contributed by atoms with van der Waals surface area (Å²) in [6.07, 6.45) is 0. The molecule has 0 bridgehead atoms. The first-order valence-corrected chi connectivity index (χ1v) is 10.7. The van der Waals surface area contributed by atoms with Crippen molar-refractivity contribution in [2.75, 3.05) is 5.32 Å². The number of nitrogens with zero attached hydrogens (tertiary/aromatic N) is 1. The number of aliphatic carboxylic acids is 1. The molecular weight excluding hydrogens is 547 g/mol. The summed E-state index contributed by atoms with van der Waals surface area (Å²) in [6, 6.07) is 12.8. The van der Waals surface area contributed by atoms with Crippen molar-refractivity contribution in [1.29, 1.82) is 0 Å². The van der Waals surface area contributed by atoms with E-state index in [1.54, 1.807) is 24.3 Å². The lowest BCUT2D eigenvalue weighted by Crippen LogP contribution is -2.26. The highest BCUT2D eigenvalue weighted by Gasteiger charge is 2.20. The highest BCUT2D eigenvalue weighted by Crippen LogP contribution is 2.33. The summed E-state index contributed by atoms with van der Waals surface area (Å²) >= 11 is 18.8. The fraction of sp³-hybridized carbons (Fsp3) is 0.150. The van der Waals surface area contributed by atoms with Crippen molar-refractivity contribution in [2.24, 2.45) is 5.92 Å². The molecule has 0 aliphatic carbocycles. The van der Waals surface area contributed by atoms with Gasteiger partial charge in [-0.15, -0.1) is 0 Å². The summed E-state index contributed by atoms with van der Waals surface area (Å²) in [5, 5.41) is 13.2. The Morgan fingerprint density at radius 2 is 1.69 bits per heavy atom. The number of amides is 1. The van der Waals surface area contributed by atoms with E-state index in [4.69, 9.17) is 28.3 Å². The molecule has 1 unspecified atom stereocenters. The fourth-order valence-electron chi connectivity index (χ4n) is 2.20. The van der Waals surface area contributed by atoms with Crippen LogP contribution >= 0.6 is 55.1 Å². The average Bonchev–Trinajstić information content (AvgIpc) is 2.68. The van der Waals surface area contributed by atoms with E-state index in [0.717, 1.165) is 25.4 Å². The van der Waals surface area contributed by atoms with Crippen LogP contribution in [0, 0.1) is 12.8 Å². The Hall–Kier alpha value is -1.67. The molecule has 0 aliphatic rings. The van der Waals surface area contributed by atoms with Gasteiger partial charge in [0.15, 0.2) is 0 Å². The second-order valence-corrected chi connectivity index (χ2v) is 8.45. The van der Waals surface area contributed by atoms with Crippen molar-refractivity contribution in [3.05, 3.63) is 67.1 Å². The molecule has 1 amide bonds. The molecule has 152 valence electrons. The number of hydrogen-bond acceptors (Lipinski definition) is 3. The number of anilines is 1. The number of hydrogen-bond donors (Lipinski definition) is 2. The van der Waals surface area contributed by atoms with E-state index < -0.39 is 17.8 Å². The molecular formula is C20H16Br2Cl2N2O3. The van der Waals surface area contributed by atoms with Gasteiger partial charge in [0.1, 0.15) is 11.1 Å². The monoisotopic (exact) mass is 560 g/mol. The van der Waals surface area contributed by atoms with Crippen molar-refractivity contribution in [3.63, 3.8) is 0 Å². The van der Waals surface area contributed by atoms with E-state index in [1.807, 2.05) is 25.1 Å². The van der Waals surface area contributed by atoms with Gasteiger partial charge in [-0.1, -0.05) is 47.5 Å². The van der Waals surface area contributed by atoms with Gasteiger partial charge in [0.25, 0.3) is 0 Å². The molecule has 1 heterocycles. The number of halogens is 4. The number of benzene rings is 2. The number of carbonyl (C=O) groups excluding carboxylic acids is 1. The van der Waals surface area contributed by atoms with Gasteiger partial charge in [0.05, 0.1) is 16.2 Å². The Bertz CT molecular complexity index is 1080. The van der Waals surface area contributed by atoms with Gasteiger partial charge in [-0.2, -0.15) is 0 Å². The topological polar surface area (TPSA) is 79.3 Å². The number of carbonyl (C=O) groups is 2. The first kappa shape index (κ1) is 23.6. The van der Waals surface area contributed by atoms with Crippen molar-refractivity contribution in [3.8, 4) is 0 Å². The van der Waals surface area contributed by atoms with Crippen LogP contribution in [-0.4, -0.2) is 22.0 Å². The van der Waals surface area contributed by atoms with Gasteiger partial charge in [-0.05, 0) is 63.9 Å². The highest BCUT2D eigenvalue weighted by atomic mass is 79.9. The average molecular weight is 563 g/mol. The minimum absolute atomic E-state index is 0.453. The maximum Gasteiger partial charge on any atom is 0.315 e. The van der Waals surface area contributed by atoms with Crippen LogP contribution in [0.1, 0.15) is 12.5 Å². The summed E-state index contributed by atoms with van der Waals surface area (Å²) in [6.45, 7) is 3.20. The lowest BCUT2D eigenvalue weighted by Gasteiger charge is -2.09. The normalized spacial score (nSPS) is 11.4. The van der Waals surface area contributed by atoms with Gasteiger partial charge in [-0.25, -0.2) is 4.98 Å². The Morgan fingerprint density at radius 3 is 2.31 bits per heavy atom. The first-order chi connectivity index (χ1) is 13.6. The first-order valence-electron chi connectivity index (χ1n) is 8.31. The lowest BCUT2D eigenvalue weighted by atomic mass is 10.1. The van der Waals surface area contributed by atoms with Crippen LogP contribution in [0.15, 0.2) is 51.4 Å². The van der Waals surface area contributed by atoms with Crippen LogP contribution in [0.5, 0.6) is 0 Å². The van der Waals surface area contributed by atoms with Crippen molar-refractivity contribution >= 4 is 83.5 Å². The third kappa shape index (κ3) is 5.92. The van der Waals surface area contributed by atoms with Crippen LogP contribution in [-0.2, 0) is 9.59 Å². The zero-order valence-electron chi connectivity index (χ0n) is 15.3. The Kier molecular flexibility index (Phi) is 8.46. The van der Waals surface area contributed by atoms with Crippen LogP contribution in [0.4, 0.5) is 5.69 Å². The summed E-state index contributed by atoms with van der Waals surface area (Å²) in [7, 11) is 0. The standard InChI is InChI=1S/C10H6BrCl2N.C10H10BrNO3/c1-5-8(12)6-3-2-4-7(11)9(6)14-10(5)13;1-6(10(14)15)9(13)12-8-5-3-2-4-7(8)11/h2-4H,1H3;2-6H,1H3,(H,12,13)(H,14,15). The van der Waals surface area contributed by atoms with E-state index in [0.29, 0.717) is 15.9 Å². The predicted octanol–water partition coefficient (Wildman–Crippen LogP) is 6.72. The van der Waals surface area contributed by atoms with Gasteiger partial charge < -0.3 is 10.4 Å². The van der Waals surface area contributed by atoms with Crippen LogP contribution in [0.3, 0.4) is 0 Å². The zero-order valence-corrected chi connectivity index (χ0v) is 20.0. The molecule has 2 aromatic carbocycles. The molecule has 2 N–H and O–H groups in total. The third-order valence-corrected chi connectivity index (χ3v) is 6.15. The predicted molar refractivity (Wildman–Crippen MR) is 124 cm³/mol. The minimum Gasteiger partial charge on any atom is -0.481 e. The van der Waals surface area contributed by atoms with Crippen molar-refractivity contribution in [2.45, 2.75) is 13.8 Å². The van der Waals surface area contributed by atoms with Crippen LogP contribution < -0.4 is 5.32 Å². The molecule has 9 heteroatoms. The molecule has 0 aliphatic heterocycles. The molecule has 0 radical (unpaired) electrons. The molecule has 3 rings (SSSR count). The molecule has 1 atom stereocenters. The molecule has 29 heavy (non-hydrogen) atoms. The molecule has 0 fully saturated rings. The van der Waals surface area contributed by atoms with Crippen molar-refractivity contribution in [1.82, 2.24) is 4.98 Å². The zero-order chi connectivity index (χ0) is 21.7. The van der Waals surface area contributed by atoms with Crippen LogP contribution in [0.25, 0.3) is 10.9 Å². The fourth-order valence-corrected chi connectivity index (χ4v) is 3.50. The van der Waals surface area contributed by atoms with Crippen molar-refractivity contribution < 1.29 is 14.7 Å². The Morgan fingerprint density at radius 1 is 1.07 bits per heavy atom. The van der Waals surface area contributed by atoms with E-state index in [-0.39, 0.29) is 0 Å². The minimum atomic E-state index is -1.14. The van der Waals surface area contributed by atoms with E-state index >= 15 is 0 Å². The SMILES string of the molecule is CC(C(=O)O)C(=O)Nc1ccccc1Br.Cc1c(Cl)nc2c(Br)cccc2c1Cl. The summed E-state index contributed by atoms with van der Waals surface area (Å²) < 4.78 is 1.62. The number of rotatable bonds is 3. The number of pyridine rings is 1. The summed E-state index contributed by atoms with van der Waals surface area (Å²) in [4.78, 5) is 26.2. The molecule has 3 aromatic rings. The van der Waals surface area contributed by atoms with Gasteiger partial charge in [0.2, 0.25) is 5.91 Å². The number of nitrogens with one attached hydrogen (secondary N) is 1. The highest BCUT2D eigenvalue weighted by molar-refractivity contribution is 9.11. The summed E-state index contributed by atoms with van der Waals surface area (Å²) in [5.41, 5.74) is 2.18. The molecule has 0 spiro atoms. The van der Waals surface area contributed by atoms with E-state index in [2.05, 4.69) is 42.2 Å². The number of aromatic nitrogens is 1. The lowest BCUT2D eigenvalue weighted by molar-refractivity contribution is -0.144. The maximum atomic E-state index is 11.4. The molecule has 0 saturated heterocycles. The summed E-state index contributed by atoms with van der Waals surface area (Å²) in [5.74, 6) is -2.73. The molecule has 0 saturated carbocycles. The molecule has 5 nitrogen and oxygen atoms in total. The number of carboxylic acids is 1. The maximum absolute atomic E-state index is 11.4. The Labute approximate surface area is 194 Å². The van der Waals surface area contributed by atoms with Crippen LogP contribution in [0.2, 0.25) is 10.2 Å². The number of para-hydroxylation sites is 2. The Balaban J connectivity index is 0.000000207. The second kappa shape index (κ2) is 10.4. The van der Waals surface area contributed by atoms with Gasteiger partial charge in [-0.3, -0.25) is 9.59 Å². The van der Waals surface area contributed by atoms with E-state index in [1.165, 1.54) is 6.92 Å². The van der Waals surface area contributed by atoms with E-state index in [9.17, 15) is 9.59 Å². The second-order valence-electron chi connectivity index (χ2n) is 6.01. The van der Waals surface area contributed by atoms with Gasteiger partial charge >= 0.3 is 5.97 Å². The largest absolute Gasteiger partial charge is 0.481 e. The number of fused-ring (bicyclic) bond motifs is 1. The van der Waals surface area contributed by atoms with Gasteiger partial charge in [0, 0.05) is 19.9 Å². The number of carboxylic acid groups (broad SMARTS) is 1. The molecule has 1 aromatic heterocycles. The smallest absolute Gasteiger partial charge is 0.315 e. The quantitative estimate of drug-likeness (QED) is 0.274.